The maximum atomic E-state index is 10.9. The van der Waals surface area contributed by atoms with Crippen molar-refractivity contribution in [2.75, 3.05) is 12.3 Å². The Morgan fingerprint density at radius 2 is 1.96 bits per heavy atom. The van der Waals surface area contributed by atoms with Crippen LogP contribution in [-0.4, -0.2) is 66.7 Å². The van der Waals surface area contributed by atoms with E-state index in [1.54, 1.807) is 10.9 Å². The zero-order valence-corrected chi connectivity index (χ0v) is 17.1. The molecule has 0 radical (unpaired) electrons. The van der Waals surface area contributed by atoms with E-state index >= 15 is 0 Å². The third kappa shape index (κ3) is 3.07. The summed E-state index contributed by atoms with van der Waals surface area (Å²) in [7, 11) is -4.80. The van der Waals surface area contributed by atoms with Gasteiger partial charge in [-0.05, 0) is 26.2 Å². The largest absolute Gasteiger partial charge is 0.415 e. The third-order valence-electron chi connectivity index (χ3n) is 4.48. The molecule has 4 unspecified atom stereocenters. The molecule has 2 aliphatic rings. The first kappa shape index (κ1) is 18.0. The van der Waals surface area contributed by atoms with Gasteiger partial charge in [-0.1, -0.05) is 0 Å². The average molecular weight is 398 g/mol. The lowest BCUT2D eigenvalue weighted by atomic mass is 10.1. The van der Waals surface area contributed by atoms with E-state index < -0.39 is 41.7 Å². The van der Waals surface area contributed by atoms with Crippen LogP contribution in [0.15, 0.2) is 12.7 Å². The van der Waals surface area contributed by atoms with Crippen molar-refractivity contribution >= 4 is 34.1 Å². The number of aliphatic hydroxyl groups is 1. The van der Waals surface area contributed by atoms with E-state index in [0.717, 1.165) is 0 Å². The Labute approximate surface area is 152 Å². The van der Waals surface area contributed by atoms with Gasteiger partial charge in [0.1, 0.15) is 30.2 Å². The summed E-state index contributed by atoms with van der Waals surface area (Å²) in [6, 6.07) is 0. The van der Waals surface area contributed by atoms with Gasteiger partial charge < -0.3 is 28.5 Å². The standard InChI is InChI=1S/C14H23N5O5Si2/c1-25(2)21-5-8-11(23-26(3,4)24-25)10(20)14(22-8)19-7-18-9-12(15)16-6-17-13(9)19/h6-8,10-11,14,20H,5H2,1-4H3,(H2,15,16,17). The molecule has 0 aromatic carbocycles. The molecule has 2 aliphatic heterocycles. The van der Waals surface area contributed by atoms with Gasteiger partial charge in [-0.3, -0.25) is 4.57 Å². The maximum Gasteiger partial charge on any atom is 0.323 e. The molecule has 0 aliphatic carbocycles. The normalized spacial score (nSPS) is 33.6. The van der Waals surface area contributed by atoms with Gasteiger partial charge in [0.15, 0.2) is 17.7 Å². The minimum absolute atomic E-state index is 0.279. The highest BCUT2D eigenvalue weighted by molar-refractivity contribution is 6.78. The minimum Gasteiger partial charge on any atom is -0.415 e. The SMILES string of the molecule is C[Si]1(C)OCC2OC(n3cnc4c(N)ncnc43)C(O)C2O[Si](C)(C)O1. The number of anilines is 1. The van der Waals surface area contributed by atoms with Crippen LogP contribution in [0.5, 0.6) is 0 Å². The Morgan fingerprint density at radius 3 is 2.73 bits per heavy atom. The van der Waals surface area contributed by atoms with Crippen LogP contribution in [0.4, 0.5) is 5.82 Å². The molecular weight excluding hydrogens is 374 g/mol. The number of hydrogen-bond donors (Lipinski definition) is 2. The van der Waals surface area contributed by atoms with Crippen molar-refractivity contribution in [1.82, 2.24) is 19.5 Å². The Kier molecular flexibility index (Phi) is 4.18. The zero-order valence-electron chi connectivity index (χ0n) is 15.1. The maximum absolute atomic E-state index is 10.9. The van der Waals surface area contributed by atoms with Gasteiger partial charge in [-0.25, -0.2) is 15.0 Å². The van der Waals surface area contributed by atoms with Crippen LogP contribution in [0.3, 0.4) is 0 Å². The van der Waals surface area contributed by atoms with Crippen LogP contribution in [0.1, 0.15) is 6.23 Å². The number of aromatic nitrogens is 4. The van der Waals surface area contributed by atoms with Crippen LogP contribution in [0.2, 0.25) is 26.2 Å². The van der Waals surface area contributed by atoms with Gasteiger partial charge in [0, 0.05) is 0 Å². The molecular formula is C14H23N5O5Si2. The first-order chi connectivity index (χ1) is 12.2. The molecule has 0 bridgehead atoms. The lowest BCUT2D eigenvalue weighted by Gasteiger charge is -2.39. The smallest absolute Gasteiger partial charge is 0.323 e. The molecule has 4 rings (SSSR count). The second-order valence-corrected chi connectivity index (χ2v) is 14.4. The van der Waals surface area contributed by atoms with E-state index in [1.165, 1.54) is 6.33 Å². The molecule has 2 aromatic heterocycles. The summed E-state index contributed by atoms with van der Waals surface area (Å²) < 4.78 is 26.1. The van der Waals surface area contributed by atoms with Crippen molar-refractivity contribution in [2.45, 2.75) is 50.7 Å². The van der Waals surface area contributed by atoms with E-state index in [1.807, 2.05) is 26.2 Å². The van der Waals surface area contributed by atoms with Crippen LogP contribution >= 0.6 is 0 Å². The molecule has 0 saturated carbocycles. The molecule has 10 nitrogen and oxygen atoms in total. The summed E-state index contributed by atoms with van der Waals surface area (Å²) in [5.74, 6) is 0.279. The summed E-state index contributed by atoms with van der Waals surface area (Å²) in [5.41, 5.74) is 6.81. The minimum atomic E-state index is -2.49. The van der Waals surface area contributed by atoms with Gasteiger partial charge in [-0.2, -0.15) is 0 Å². The summed E-state index contributed by atoms with van der Waals surface area (Å²) in [5, 5.41) is 10.9. The van der Waals surface area contributed by atoms with Crippen LogP contribution in [-0.2, 0) is 17.7 Å². The zero-order chi connectivity index (χ0) is 18.7. The van der Waals surface area contributed by atoms with Crippen molar-refractivity contribution < 1.29 is 22.8 Å². The fourth-order valence-corrected chi connectivity index (χ4v) is 10.2. The van der Waals surface area contributed by atoms with Gasteiger partial charge >= 0.3 is 17.1 Å². The Bertz CT molecular complexity index is 831. The second kappa shape index (κ2) is 6.05. The van der Waals surface area contributed by atoms with Crippen molar-refractivity contribution in [3.8, 4) is 0 Å². The van der Waals surface area contributed by atoms with Gasteiger partial charge in [0.05, 0.1) is 12.9 Å². The number of nitrogen functional groups attached to an aromatic ring is 1. The summed E-state index contributed by atoms with van der Waals surface area (Å²) in [4.78, 5) is 12.4. The molecule has 4 atom stereocenters. The first-order valence-corrected chi connectivity index (χ1v) is 14.1. The van der Waals surface area contributed by atoms with Crippen molar-refractivity contribution in [2.24, 2.45) is 0 Å². The highest BCUT2D eigenvalue weighted by atomic mass is 28.5. The molecule has 26 heavy (non-hydrogen) atoms. The number of nitrogens with two attached hydrogens (primary N) is 1. The van der Waals surface area contributed by atoms with Crippen molar-refractivity contribution in [1.29, 1.82) is 0 Å². The molecule has 0 spiro atoms. The Hall–Kier alpha value is -1.42. The van der Waals surface area contributed by atoms with Crippen molar-refractivity contribution in [3.63, 3.8) is 0 Å². The number of imidazole rings is 1. The highest BCUT2D eigenvalue weighted by Gasteiger charge is 2.52. The Morgan fingerprint density at radius 1 is 1.19 bits per heavy atom. The van der Waals surface area contributed by atoms with E-state index in [2.05, 4.69) is 15.0 Å². The van der Waals surface area contributed by atoms with Crippen LogP contribution in [0, 0.1) is 0 Å². The number of nitrogens with zero attached hydrogens (tertiary/aromatic N) is 4. The quantitative estimate of drug-likeness (QED) is 0.661. The fourth-order valence-electron chi connectivity index (χ4n) is 3.54. The molecule has 12 heteroatoms. The van der Waals surface area contributed by atoms with E-state index in [4.69, 9.17) is 23.4 Å². The molecule has 2 aromatic rings. The predicted octanol–water partition coefficient (Wildman–Crippen LogP) is 0.502. The first-order valence-electron chi connectivity index (χ1n) is 8.45. The third-order valence-corrected chi connectivity index (χ3v) is 10.1. The predicted molar refractivity (Wildman–Crippen MR) is 96.5 cm³/mol. The molecule has 3 N–H and O–H groups in total. The number of rotatable bonds is 1. The van der Waals surface area contributed by atoms with E-state index in [9.17, 15) is 5.11 Å². The monoisotopic (exact) mass is 397 g/mol. The lowest BCUT2D eigenvalue weighted by Crippen LogP contribution is -2.56. The fraction of sp³-hybridized carbons (Fsp3) is 0.643. The van der Waals surface area contributed by atoms with Crippen LogP contribution < -0.4 is 5.73 Å². The van der Waals surface area contributed by atoms with Gasteiger partial charge in [0.25, 0.3) is 0 Å². The van der Waals surface area contributed by atoms with Crippen molar-refractivity contribution in [3.05, 3.63) is 12.7 Å². The number of ether oxygens (including phenoxy) is 1. The van der Waals surface area contributed by atoms with E-state index in [-0.39, 0.29) is 5.82 Å². The average Bonchev–Trinajstić information content (AvgIpc) is 3.07. The highest BCUT2D eigenvalue weighted by Crippen LogP contribution is 2.37. The number of hydrogen-bond acceptors (Lipinski definition) is 9. The Balaban J connectivity index is 1.67. The topological polar surface area (TPSA) is 127 Å². The number of fused-ring (bicyclic) bond motifs is 2. The summed E-state index contributed by atoms with van der Waals surface area (Å²) in [6.07, 6.45) is 0.313. The second-order valence-electron chi connectivity index (χ2n) is 7.43. The number of aliphatic hydroxyl groups excluding tert-OH is 1. The van der Waals surface area contributed by atoms with Gasteiger partial charge in [-0.15, -0.1) is 0 Å². The summed E-state index contributed by atoms with van der Waals surface area (Å²) in [6.45, 7) is 8.17. The van der Waals surface area contributed by atoms with Gasteiger partial charge in [0.2, 0.25) is 0 Å². The molecule has 2 saturated heterocycles. The molecule has 2 fully saturated rings. The summed E-state index contributed by atoms with van der Waals surface area (Å²) >= 11 is 0. The van der Waals surface area contributed by atoms with Crippen LogP contribution in [0.25, 0.3) is 11.2 Å². The van der Waals surface area contributed by atoms with E-state index in [0.29, 0.717) is 17.8 Å². The molecule has 142 valence electrons. The lowest BCUT2D eigenvalue weighted by molar-refractivity contribution is -0.0538. The molecule has 4 heterocycles. The molecule has 0 amide bonds.